The first kappa shape index (κ1) is 20.3. The van der Waals surface area contributed by atoms with Crippen LogP contribution in [0.15, 0.2) is 18.3 Å². The second-order valence-electron chi connectivity index (χ2n) is 5.08. The molecule has 116 valence electrons. The molecule has 0 aliphatic rings. The summed E-state index contributed by atoms with van der Waals surface area (Å²) in [5.74, 6) is 0. The summed E-state index contributed by atoms with van der Waals surface area (Å²) < 4.78 is 4.40. The average Bonchev–Trinajstić information content (AvgIpc) is 2.42. The zero-order valence-corrected chi connectivity index (χ0v) is 16.9. The van der Waals surface area contributed by atoms with E-state index < -0.39 is 0 Å². The fourth-order valence-electron chi connectivity index (χ4n) is 1.48. The van der Waals surface area contributed by atoms with Crippen LogP contribution in [0, 0.1) is 31.6 Å². The molecular weight excluding hydrogens is 464 g/mol. The Hall–Kier alpha value is 0.303. The molecule has 5 heteroatoms. The van der Waals surface area contributed by atoms with E-state index in [4.69, 9.17) is 0 Å². The van der Waals surface area contributed by atoms with Crippen LogP contribution in [0.4, 0.5) is 0 Å². The Morgan fingerprint density at radius 2 is 2.10 bits per heavy atom. The number of aryl methyl sites for hydroxylation is 1. The Morgan fingerprint density at radius 1 is 1.40 bits per heavy atom. The molecular formula is C15H28AtN3S. The van der Waals surface area contributed by atoms with Crippen LogP contribution in [-0.2, 0) is 0 Å². The average molecular weight is 492 g/mol. The second-order valence-corrected chi connectivity index (χ2v) is 6.80. The van der Waals surface area contributed by atoms with Gasteiger partial charge in [-0.2, -0.15) is 0 Å². The van der Waals surface area contributed by atoms with Gasteiger partial charge in [0.1, 0.15) is 0 Å². The van der Waals surface area contributed by atoms with Gasteiger partial charge >= 0.3 is 48.6 Å². The topological polar surface area (TPSA) is 28.2 Å². The molecule has 0 fully saturated rings. The van der Waals surface area contributed by atoms with Gasteiger partial charge in [-0.15, -0.1) is 0 Å². The van der Waals surface area contributed by atoms with Crippen LogP contribution in [0.25, 0.3) is 0 Å². The van der Waals surface area contributed by atoms with Crippen molar-refractivity contribution < 1.29 is 24.7 Å². The number of unbranched alkanes of at least 4 members (excludes halogenated alkanes) is 1. The minimum atomic E-state index is 0.219. The third kappa shape index (κ3) is 10.1. The smallest absolute Gasteiger partial charge is 0.0603 e. The maximum Gasteiger partial charge on any atom is 0.0603 e. The van der Waals surface area contributed by atoms with E-state index in [-0.39, 0.29) is 6.04 Å². The molecule has 0 saturated heterocycles. The van der Waals surface area contributed by atoms with E-state index in [1.807, 2.05) is 37.8 Å². The summed E-state index contributed by atoms with van der Waals surface area (Å²) in [4.78, 5) is 6.56. The molecule has 20 heavy (non-hydrogen) atoms. The van der Waals surface area contributed by atoms with Crippen LogP contribution in [0.1, 0.15) is 43.5 Å². The van der Waals surface area contributed by atoms with Gasteiger partial charge in [-0.05, 0) is 45.6 Å². The number of pyridine rings is 1. The predicted octanol–water partition coefficient (Wildman–Crippen LogP) is 3.57. The Labute approximate surface area is 145 Å². The minimum absolute atomic E-state index is 0.219. The van der Waals surface area contributed by atoms with Gasteiger partial charge in [0.2, 0.25) is 0 Å². The van der Waals surface area contributed by atoms with Crippen molar-refractivity contribution in [3.05, 3.63) is 29.6 Å². The van der Waals surface area contributed by atoms with Gasteiger partial charge in [0.25, 0.3) is 0 Å². The molecule has 1 atom stereocenters. The van der Waals surface area contributed by atoms with E-state index in [0.717, 1.165) is 18.7 Å². The Morgan fingerprint density at radius 3 is 2.45 bits per heavy atom. The molecule has 0 aromatic carbocycles. The molecule has 1 unspecified atom stereocenters. The zero-order valence-electron chi connectivity index (χ0n) is 13.1. The van der Waals surface area contributed by atoms with Gasteiger partial charge in [0.15, 0.2) is 0 Å². The van der Waals surface area contributed by atoms with Crippen molar-refractivity contribution in [2.45, 2.75) is 43.3 Å². The third-order valence-electron chi connectivity index (χ3n) is 2.80. The van der Waals surface area contributed by atoms with Crippen molar-refractivity contribution in [1.82, 2.24) is 14.6 Å². The molecule has 0 spiro atoms. The number of hydrogen-bond donors (Lipinski definition) is 2. The Balaban J connectivity index is 0.000000621. The first-order valence-corrected chi connectivity index (χ1v) is 9.60. The molecule has 1 aromatic rings. The molecule has 0 aliphatic carbocycles. The molecule has 0 saturated carbocycles. The second kappa shape index (κ2) is 13.0. The van der Waals surface area contributed by atoms with Crippen molar-refractivity contribution >= 4 is 12.8 Å². The van der Waals surface area contributed by atoms with Crippen LogP contribution in [-0.4, -0.2) is 30.5 Å². The summed E-state index contributed by atoms with van der Waals surface area (Å²) in [5, 5.41) is 0. The van der Waals surface area contributed by atoms with Crippen molar-refractivity contribution in [2.24, 2.45) is 0 Å². The predicted molar refractivity (Wildman–Crippen MR) is 86.7 cm³/mol. The first-order valence-electron chi connectivity index (χ1n) is 7.08. The van der Waals surface area contributed by atoms with Crippen LogP contribution < -0.4 is 4.72 Å². The maximum atomic E-state index is 4.40. The molecule has 1 N–H and O–H groups in total. The van der Waals surface area contributed by atoms with Crippen LogP contribution in [0.5, 0.6) is 0 Å². The van der Waals surface area contributed by atoms with Gasteiger partial charge in [-0.3, -0.25) is 9.71 Å². The van der Waals surface area contributed by atoms with Gasteiger partial charge < -0.3 is 4.90 Å². The molecule has 1 heterocycles. The van der Waals surface area contributed by atoms with E-state index >= 15 is 0 Å². The fraction of sp³-hybridized carbons (Fsp3) is 0.667. The molecule has 0 bridgehead atoms. The van der Waals surface area contributed by atoms with Crippen molar-refractivity contribution in [3.63, 3.8) is 0 Å². The number of thiol groups is 1. The normalized spacial score (nSPS) is 11.9. The maximum absolute atomic E-state index is 4.40. The summed E-state index contributed by atoms with van der Waals surface area (Å²) in [7, 11) is 4.14. The largest absolute Gasteiger partial charge is 0.309 e. The molecule has 1 aromatic heterocycles. The SMILES string of the molecule is CCCC[At].Cc1ccc(C(CCN(C)C)NS)nc1. The minimum Gasteiger partial charge on any atom is -0.309 e. The molecule has 1 rings (SSSR count). The van der Waals surface area contributed by atoms with E-state index in [0.29, 0.717) is 0 Å². The summed E-state index contributed by atoms with van der Waals surface area (Å²) in [5.41, 5.74) is 2.24. The standard InChI is InChI=1S/C11H19N3S.C4H9At/c1-9-4-5-10(12-8-9)11(13-15)6-7-14(2)3;1-2-3-4-5/h4-5,8,11,13,15H,6-7H2,1-3H3;2-4H2,1H3. The van der Waals surface area contributed by atoms with Gasteiger partial charge in [0, 0.05) is 6.20 Å². The van der Waals surface area contributed by atoms with Crippen molar-refractivity contribution in [1.29, 1.82) is 0 Å². The molecule has 0 radical (unpaired) electrons. The number of nitrogens with zero attached hydrogens (tertiary/aromatic N) is 2. The van der Waals surface area contributed by atoms with Gasteiger partial charge in [-0.25, -0.2) is 0 Å². The quantitative estimate of drug-likeness (QED) is 0.571. The monoisotopic (exact) mass is 492 g/mol. The molecule has 0 aliphatic heterocycles. The van der Waals surface area contributed by atoms with Crippen LogP contribution in [0.3, 0.4) is 0 Å². The number of nitrogens with one attached hydrogen (secondary N) is 1. The molecule has 0 amide bonds. The first-order chi connectivity index (χ1) is 9.54. The van der Waals surface area contributed by atoms with Crippen LogP contribution in [0.2, 0.25) is 4.13 Å². The summed E-state index contributed by atoms with van der Waals surface area (Å²) >= 11 is 6.03. The van der Waals surface area contributed by atoms with Crippen LogP contribution >= 0.6 is 12.8 Å². The van der Waals surface area contributed by atoms with E-state index in [1.54, 1.807) is 0 Å². The third-order valence-corrected chi connectivity index (χ3v) is 4.15. The van der Waals surface area contributed by atoms with Crippen molar-refractivity contribution in [3.8, 4) is 0 Å². The van der Waals surface area contributed by atoms with Gasteiger partial charge in [0.05, 0.1) is 11.7 Å². The Kier molecular flexibility index (Phi) is 13.2. The molecule has 3 nitrogen and oxygen atoms in total. The summed E-state index contributed by atoms with van der Waals surface area (Å²) in [6.45, 7) is 5.28. The summed E-state index contributed by atoms with van der Waals surface area (Å²) in [6.07, 6.45) is 5.67. The van der Waals surface area contributed by atoms with Crippen molar-refractivity contribution in [2.75, 3.05) is 20.6 Å². The van der Waals surface area contributed by atoms with E-state index in [1.165, 1.54) is 22.5 Å². The van der Waals surface area contributed by atoms with E-state index in [9.17, 15) is 0 Å². The zero-order chi connectivity index (χ0) is 15.4. The van der Waals surface area contributed by atoms with E-state index in [2.05, 4.69) is 60.6 Å². The number of hydrogen-bond acceptors (Lipinski definition) is 4. The number of rotatable bonds is 7. The summed E-state index contributed by atoms with van der Waals surface area (Å²) in [6, 6.07) is 4.35. The number of aromatic nitrogens is 1. The fourth-order valence-corrected chi connectivity index (χ4v) is 2.79. The Bertz CT molecular complexity index is 328. The van der Waals surface area contributed by atoms with Gasteiger partial charge in [-0.1, -0.05) is 18.9 Å².